The Morgan fingerprint density at radius 2 is 1.72 bits per heavy atom. The van der Waals surface area contributed by atoms with Crippen molar-refractivity contribution >= 4 is 16.9 Å². The van der Waals surface area contributed by atoms with E-state index in [0.717, 1.165) is 66.5 Å². The van der Waals surface area contributed by atoms with Crippen molar-refractivity contribution in [1.29, 1.82) is 0 Å². The normalized spacial score (nSPS) is 15.0. The summed E-state index contributed by atoms with van der Waals surface area (Å²) in [5.74, 6) is 2.30. The van der Waals surface area contributed by atoms with Gasteiger partial charge in [0.15, 0.2) is 6.61 Å². The topological polar surface area (TPSA) is 50.6 Å². The lowest BCUT2D eigenvalue weighted by Gasteiger charge is -2.34. The number of benzene rings is 2. The highest BCUT2D eigenvalue weighted by atomic mass is 16.5. The quantitative estimate of drug-likeness (QED) is 0.588. The van der Waals surface area contributed by atoms with Gasteiger partial charge in [0.05, 0.1) is 17.6 Å². The summed E-state index contributed by atoms with van der Waals surface area (Å²) in [7, 11) is 2.08. The summed E-state index contributed by atoms with van der Waals surface area (Å²) in [6, 6.07) is 12.6. The van der Waals surface area contributed by atoms with Gasteiger partial charge in [-0.15, -0.1) is 0 Å². The van der Waals surface area contributed by atoms with E-state index in [9.17, 15) is 4.79 Å². The molecule has 0 radical (unpaired) electrons. The van der Waals surface area contributed by atoms with Crippen LogP contribution in [0.4, 0.5) is 0 Å². The highest BCUT2D eigenvalue weighted by Gasteiger charge is 2.23. The monoisotopic (exact) mass is 434 g/mol. The maximum atomic E-state index is 12.8. The number of carbonyl (C=O) groups is 1. The van der Waals surface area contributed by atoms with Crippen molar-refractivity contribution < 1.29 is 9.53 Å². The van der Waals surface area contributed by atoms with E-state index in [1.54, 1.807) is 0 Å². The Kier molecular flexibility index (Phi) is 6.51. The summed E-state index contributed by atoms with van der Waals surface area (Å²) in [6.45, 7) is 12.4. The Morgan fingerprint density at radius 1 is 1.03 bits per heavy atom. The van der Waals surface area contributed by atoms with Crippen molar-refractivity contribution in [3.8, 4) is 5.75 Å². The molecule has 0 atom stereocenters. The van der Waals surface area contributed by atoms with Gasteiger partial charge < -0.3 is 14.2 Å². The lowest BCUT2D eigenvalue weighted by molar-refractivity contribution is -0.135. The van der Waals surface area contributed by atoms with E-state index in [2.05, 4.69) is 67.6 Å². The maximum absolute atomic E-state index is 12.8. The second-order valence-electron chi connectivity index (χ2n) is 9.22. The maximum Gasteiger partial charge on any atom is 0.260 e. The lowest BCUT2D eigenvalue weighted by atomic mass is 10.0. The molecule has 0 bridgehead atoms. The van der Waals surface area contributed by atoms with Crippen molar-refractivity contribution in [2.24, 2.45) is 7.05 Å². The zero-order valence-corrected chi connectivity index (χ0v) is 19.9. The Morgan fingerprint density at radius 3 is 2.44 bits per heavy atom. The molecule has 1 saturated heterocycles. The second-order valence-corrected chi connectivity index (χ2v) is 9.22. The van der Waals surface area contributed by atoms with E-state index in [1.165, 1.54) is 5.56 Å². The van der Waals surface area contributed by atoms with Crippen LogP contribution in [-0.2, 0) is 18.4 Å². The number of hydrogen-bond acceptors (Lipinski definition) is 4. The van der Waals surface area contributed by atoms with Gasteiger partial charge in [-0.05, 0) is 54.7 Å². The predicted molar refractivity (Wildman–Crippen MR) is 128 cm³/mol. The van der Waals surface area contributed by atoms with Gasteiger partial charge in [0.1, 0.15) is 11.6 Å². The first-order valence-corrected chi connectivity index (χ1v) is 11.5. The zero-order valence-electron chi connectivity index (χ0n) is 19.9. The van der Waals surface area contributed by atoms with Crippen molar-refractivity contribution in [3.05, 3.63) is 58.9 Å². The molecule has 2 aromatic carbocycles. The van der Waals surface area contributed by atoms with Gasteiger partial charge in [0, 0.05) is 33.2 Å². The molecule has 0 unspecified atom stereocenters. The molecule has 2 heterocycles. The number of piperazine rings is 1. The largest absolute Gasteiger partial charge is 0.483 e. The molecule has 0 N–H and O–H groups in total. The van der Waals surface area contributed by atoms with E-state index in [0.29, 0.717) is 5.92 Å². The SMILES string of the molecule is Cc1ccc(C(C)C)c(OCC(=O)N2CCN(Cc3nc4cc(C)ccc4n3C)CC2)c1. The van der Waals surface area contributed by atoms with E-state index in [4.69, 9.17) is 9.72 Å². The number of ether oxygens (including phenoxy) is 1. The van der Waals surface area contributed by atoms with E-state index in [-0.39, 0.29) is 12.5 Å². The van der Waals surface area contributed by atoms with Gasteiger partial charge >= 0.3 is 0 Å². The molecule has 1 aliphatic rings. The third-order valence-corrected chi connectivity index (χ3v) is 6.36. The summed E-state index contributed by atoms with van der Waals surface area (Å²) < 4.78 is 8.13. The molecule has 0 spiro atoms. The van der Waals surface area contributed by atoms with E-state index < -0.39 is 0 Å². The van der Waals surface area contributed by atoms with Crippen LogP contribution in [0.25, 0.3) is 11.0 Å². The molecule has 32 heavy (non-hydrogen) atoms. The first-order chi connectivity index (χ1) is 15.3. The first kappa shape index (κ1) is 22.3. The molecule has 1 fully saturated rings. The fraction of sp³-hybridized carbons (Fsp3) is 0.462. The molecule has 0 aliphatic carbocycles. The molecule has 1 aliphatic heterocycles. The Bertz CT molecular complexity index is 1110. The molecule has 6 heteroatoms. The fourth-order valence-corrected chi connectivity index (χ4v) is 4.33. The van der Waals surface area contributed by atoms with Crippen LogP contribution in [0.15, 0.2) is 36.4 Å². The van der Waals surface area contributed by atoms with Gasteiger partial charge in [-0.1, -0.05) is 32.0 Å². The number of hydrogen-bond donors (Lipinski definition) is 0. The summed E-state index contributed by atoms with van der Waals surface area (Å²) in [5.41, 5.74) is 5.72. The number of aryl methyl sites for hydroxylation is 3. The Labute approximate surface area is 190 Å². The standard InChI is InChI=1S/C26H34N4O2/c1-18(2)21-8-6-20(4)15-24(21)32-17-26(31)30-12-10-29(11-13-30)16-25-27-22-14-19(3)7-9-23(22)28(25)5/h6-9,14-15,18H,10-13,16-17H2,1-5H3. The molecule has 6 nitrogen and oxygen atoms in total. The number of fused-ring (bicyclic) bond motifs is 1. The summed E-state index contributed by atoms with van der Waals surface area (Å²) >= 11 is 0. The lowest BCUT2D eigenvalue weighted by Crippen LogP contribution is -2.49. The van der Waals surface area contributed by atoms with Gasteiger partial charge in [-0.2, -0.15) is 0 Å². The molecule has 0 saturated carbocycles. The number of rotatable bonds is 6. The number of carbonyl (C=O) groups excluding carboxylic acids is 1. The van der Waals surface area contributed by atoms with Gasteiger partial charge in [0.2, 0.25) is 0 Å². The van der Waals surface area contributed by atoms with Crippen molar-refractivity contribution in [3.63, 3.8) is 0 Å². The summed E-state index contributed by atoms with van der Waals surface area (Å²) in [6.07, 6.45) is 0. The molecule has 170 valence electrons. The van der Waals surface area contributed by atoms with Crippen LogP contribution in [0.5, 0.6) is 5.75 Å². The van der Waals surface area contributed by atoms with Crippen LogP contribution in [0, 0.1) is 13.8 Å². The summed E-state index contributed by atoms with van der Waals surface area (Å²) in [5, 5.41) is 0. The van der Waals surface area contributed by atoms with Crippen molar-refractivity contribution in [1.82, 2.24) is 19.4 Å². The average Bonchev–Trinajstić information content (AvgIpc) is 3.06. The van der Waals surface area contributed by atoms with E-state index in [1.807, 2.05) is 17.9 Å². The number of aromatic nitrogens is 2. The number of amides is 1. The van der Waals surface area contributed by atoms with Crippen LogP contribution in [0.3, 0.4) is 0 Å². The molecular formula is C26H34N4O2. The van der Waals surface area contributed by atoms with Crippen LogP contribution < -0.4 is 4.74 Å². The third-order valence-electron chi connectivity index (χ3n) is 6.36. The van der Waals surface area contributed by atoms with Crippen LogP contribution in [0.2, 0.25) is 0 Å². The van der Waals surface area contributed by atoms with E-state index >= 15 is 0 Å². The van der Waals surface area contributed by atoms with Gasteiger partial charge in [0.25, 0.3) is 5.91 Å². The molecule has 1 amide bonds. The summed E-state index contributed by atoms with van der Waals surface area (Å²) in [4.78, 5) is 21.9. The minimum Gasteiger partial charge on any atom is -0.483 e. The molecule has 1 aromatic heterocycles. The Hall–Kier alpha value is -2.86. The van der Waals surface area contributed by atoms with Crippen LogP contribution >= 0.6 is 0 Å². The smallest absolute Gasteiger partial charge is 0.260 e. The average molecular weight is 435 g/mol. The minimum atomic E-state index is 0.0547. The molecule has 3 aromatic rings. The predicted octanol–water partition coefficient (Wildman–Crippen LogP) is 4.04. The van der Waals surface area contributed by atoms with Crippen LogP contribution in [-0.4, -0.2) is 58.0 Å². The molecular weight excluding hydrogens is 400 g/mol. The molecule has 4 rings (SSSR count). The van der Waals surface area contributed by atoms with Crippen molar-refractivity contribution in [2.45, 2.75) is 40.2 Å². The fourth-order valence-electron chi connectivity index (χ4n) is 4.33. The Balaban J connectivity index is 1.32. The van der Waals surface area contributed by atoms with Gasteiger partial charge in [-0.3, -0.25) is 9.69 Å². The zero-order chi connectivity index (χ0) is 22.8. The minimum absolute atomic E-state index is 0.0547. The first-order valence-electron chi connectivity index (χ1n) is 11.5. The second kappa shape index (κ2) is 9.33. The highest BCUT2D eigenvalue weighted by Crippen LogP contribution is 2.27. The van der Waals surface area contributed by atoms with Gasteiger partial charge in [-0.25, -0.2) is 4.98 Å². The van der Waals surface area contributed by atoms with Crippen molar-refractivity contribution in [2.75, 3.05) is 32.8 Å². The number of nitrogens with zero attached hydrogens (tertiary/aromatic N) is 4. The highest BCUT2D eigenvalue weighted by molar-refractivity contribution is 5.78. The number of imidazole rings is 1. The van der Waals surface area contributed by atoms with Crippen LogP contribution in [0.1, 0.15) is 42.3 Å². The third kappa shape index (κ3) is 4.80.